The maximum atomic E-state index is 9.79. The fraction of sp³-hybridized carbons (Fsp3) is 0.417. The van der Waals surface area contributed by atoms with E-state index in [0.29, 0.717) is 12.1 Å². The van der Waals surface area contributed by atoms with Crippen LogP contribution in [0.1, 0.15) is 19.4 Å². The van der Waals surface area contributed by atoms with E-state index >= 15 is 0 Å². The van der Waals surface area contributed by atoms with Crippen LogP contribution in [0.25, 0.3) is 0 Å². The zero-order valence-corrected chi connectivity index (χ0v) is 10.4. The normalized spacial score (nSPS) is 10.8. The molecule has 0 saturated heterocycles. The molecule has 1 rings (SSSR count). The summed E-state index contributed by atoms with van der Waals surface area (Å²) in [6.07, 6.45) is 0. The van der Waals surface area contributed by atoms with Gasteiger partial charge in [0.1, 0.15) is 0 Å². The number of hydrogen-bond acceptors (Lipinski definition) is 4. The molecular formula is C12H17BN2O2. The first-order valence-corrected chi connectivity index (χ1v) is 5.51. The lowest BCUT2D eigenvalue weighted by molar-refractivity contribution is 0.0901. The van der Waals surface area contributed by atoms with Gasteiger partial charge in [-0.2, -0.15) is 5.26 Å². The fourth-order valence-corrected chi connectivity index (χ4v) is 1.58. The third kappa shape index (κ3) is 4.10. The summed E-state index contributed by atoms with van der Waals surface area (Å²) in [6, 6.07) is 8.94. The van der Waals surface area contributed by atoms with Gasteiger partial charge in [0.25, 0.3) is 0 Å². The minimum Gasteiger partial charge on any atom is -0.432 e. The van der Waals surface area contributed by atoms with Crippen molar-refractivity contribution in [3.8, 4) is 6.07 Å². The molecule has 0 spiro atoms. The number of anilines is 1. The summed E-state index contributed by atoms with van der Waals surface area (Å²) in [6.45, 7) is 5.33. The first-order valence-electron chi connectivity index (χ1n) is 5.51. The molecule has 0 aliphatic heterocycles. The van der Waals surface area contributed by atoms with Crippen molar-refractivity contribution in [2.75, 3.05) is 11.4 Å². The molecule has 1 aromatic carbocycles. The van der Waals surface area contributed by atoms with Crippen LogP contribution in [0.3, 0.4) is 0 Å². The van der Waals surface area contributed by atoms with Gasteiger partial charge in [0.15, 0.2) is 0 Å². The lowest BCUT2D eigenvalue weighted by Crippen LogP contribution is -2.46. The van der Waals surface area contributed by atoms with Crippen LogP contribution < -0.4 is 4.81 Å². The molecule has 0 fully saturated rings. The van der Waals surface area contributed by atoms with Crippen molar-refractivity contribution < 1.29 is 10.1 Å². The molecule has 0 aliphatic carbocycles. The van der Waals surface area contributed by atoms with Crippen molar-refractivity contribution in [3.05, 3.63) is 29.8 Å². The Hall–Kier alpha value is -1.51. The van der Waals surface area contributed by atoms with E-state index in [-0.39, 0.29) is 0 Å². The molecule has 1 aromatic rings. The molecule has 90 valence electrons. The van der Waals surface area contributed by atoms with Gasteiger partial charge < -0.3 is 14.9 Å². The molecule has 0 aliphatic rings. The van der Waals surface area contributed by atoms with E-state index in [9.17, 15) is 10.1 Å². The summed E-state index contributed by atoms with van der Waals surface area (Å²) in [4.78, 5) is 1.68. The molecular weight excluding hydrogens is 215 g/mol. The first-order chi connectivity index (χ1) is 7.83. The highest BCUT2D eigenvalue weighted by molar-refractivity contribution is 6.53. The fourth-order valence-electron chi connectivity index (χ4n) is 1.58. The van der Waals surface area contributed by atoms with Gasteiger partial charge in [-0.25, -0.2) is 0 Å². The predicted molar refractivity (Wildman–Crippen MR) is 68.6 cm³/mol. The quantitative estimate of drug-likeness (QED) is 0.766. The SMILES string of the molecule is CB(O)N(CC(C)(C)O)c1ccc(C#N)cc1. The van der Waals surface area contributed by atoms with Gasteiger partial charge >= 0.3 is 7.05 Å². The van der Waals surface area contributed by atoms with Gasteiger partial charge in [-0.1, -0.05) is 0 Å². The Labute approximate surface area is 102 Å². The molecule has 4 nitrogen and oxygen atoms in total. The third-order valence-electron chi connectivity index (χ3n) is 2.34. The monoisotopic (exact) mass is 232 g/mol. The Morgan fingerprint density at radius 3 is 2.24 bits per heavy atom. The van der Waals surface area contributed by atoms with Crippen LogP contribution in [0.5, 0.6) is 0 Å². The first kappa shape index (κ1) is 13.6. The number of benzene rings is 1. The van der Waals surface area contributed by atoms with Crippen molar-refractivity contribution >= 4 is 12.7 Å². The topological polar surface area (TPSA) is 67.5 Å². The van der Waals surface area contributed by atoms with Crippen molar-refractivity contribution in [2.45, 2.75) is 26.3 Å². The van der Waals surface area contributed by atoms with E-state index in [2.05, 4.69) is 0 Å². The number of nitrogens with zero attached hydrogens (tertiary/aromatic N) is 2. The molecule has 0 bridgehead atoms. The Morgan fingerprint density at radius 1 is 1.35 bits per heavy atom. The molecule has 0 atom stereocenters. The number of aliphatic hydroxyl groups is 1. The van der Waals surface area contributed by atoms with Crippen LogP contribution in [-0.2, 0) is 0 Å². The van der Waals surface area contributed by atoms with E-state index in [1.807, 2.05) is 6.07 Å². The lowest BCUT2D eigenvalue weighted by atomic mass is 9.82. The molecule has 17 heavy (non-hydrogen) atoms. The minimum atomic E-state index is -0.898. The predicted octanol–water partition coefficient (Wildman–Crippen LogP) is 1.25. The maximum absolute atomic E-state index is 9.79. The van der Waals surface area contributed by atoms with Crippen LogP contribution in [0.2, 0.25) is 6.82 Å². The van der Waals surface area contributed by atoms with E-state index < -0.39 is 12.7 Å². The third-order valence-corrected chi connectivity index (χ3v) is 2.34. The molecule has 5 heteroatoms. The second-order valence-corrected chi connectivity index (χ2v) is 4.73. The van der Waals surface area contributed by atoms with Gasteiger partial charge in [-0.3, -0.25) is 0 Å². The van der Waals surface area contributed by atoms with Gasteiger partial charge in [-0.05, 0) is 44.9 Å². The standard InChI is InChI=1S/C12H17BN2O2/c1-12(2,16)9-15(13(3)17)11-6-4-10(8-14)5-7-11/h4-7,16-17H,9H2,1-3H3. The van der Waals surface area contributed by atoms with Crippen molar-refractivity contribution in [3.63, 3.8) is 0 Å². The van der Waals surface area contributed by atoms with E-state index in [0.717, 1.165) is 5.69 Å². The largest absolute Gasteiger partial charge is 0.432 e. The highest BCUT2D eigenvalue weighted by Gasteiger charge is 2.24. The number of hydrogen-bond donors (Lipinski definition) is 2. The molecule has 0 aromatic heterocycles. The highest BCUT2D eigenvalue weighted by Crippen LogP contribution is 2.18. The van der Waals surface area contributed by atoms with Crippen LogP contribution in [0.15, 0.2) is 24.3 Å². The average molecular weight is 232 g/mol. The second-order valence-electron chi connectivity index (χ2n) is 4.73. The Bertz CT molecular complexity index is 404. The summed E-state index contributed by atoms with van der Waals surface area (Å²) in [5, 5.41) is 28.2. The molecule has 0 amide bonds. The van der Waals surface area contributed by atoms with Crippen molar-refractivity contribution in [1.82, 2.24) is 0 Å². The Kier molecular flexibility index (Phi) is 4.16. The number of rotatable bonds is 4. The van der Waals surface area contributed by atoms with Gasteiger partial charge in [0.05, 0.1) is 17.2 Å². The Morgan fingerprint density at radius 2 is 1.88 bits per heavy atom. The molecule has 0 radical (unpaired) electrons. The van der Waals surface area contributed by atoms with Crippen LogP contribution in [0.4, 0.5) is 5.69 Å². The average Bonchev–Trinajstić information content (AvgIpc) is 2.25. The zero-order chi connectivity index (χ0) is 13.1. The second kappa shape index (κ2) is 5.22. The molecule has 2 N–H and O–H groups in total. The Balaban J connectivity index is 2.94. The summed E-state index contributed by atoms with van der Waals surface area (Å²) >= 11 is 0. The molecule has 0 heterocycles. The highest BCUT2D eigenvalue weighted by atomic mass is 16.3. The van der Waals surface area contributed by atoms with Gasteiger partial charge in [-0.15, -0.1) is 0 Å². The summed E-state index contributed by atoms with van der Waals surface area (Å²) in [5.41, 5.74) is 0.453. The molecule has 0 saturated carbocycles. The zero-order valence-electron chi connectivity index (χ0n) is 10.4. The summed E-state index contributed by atoms with van der Waals surface area (Å²) in [5.74, 6) is 0. The van der Waals surface area contributed by atoms with Crippen LogP contribution in [0, 0.1) is 11.3 Å². The summed E-state index contributed by atoms with van der Waals surface area (Å²) < 4.78 is 0. The minimum absolute atomic E-state index is 0.316. The van der Waals surface area contributed by atoms with Gasteiger partial charge in [0.2, 0.25) is 0 Å². The van der Waals surface area contributed by atoms with Gasteiger partial charge in [0, 0.05) is 12.2 Å². The van der Waals surface area contributed by atoms with Crippen LogP contribution in [-0.4, -0.2) is 29.3 Å². The van der Waals surface area contributed by atoms with Crippen LogP contribution >= 0.6 is 0 Å². The van der Waals surface area contributed by atoms with E-state index in [4.69, 9.17) is 5.26 Å². The maximum Gasteiger partial charge on any atom is 0.409 e. The molecule has 0 unspecified atom stereocenters. The van der Waals surface area contributed by atoms with E-state index in [1.165, 1.54) is 0 Å². The van der Waals surface area contributed by atoms with Crippen molar-refractivity contribution in [1.29, 1.82) is 5.26 Å². The van der Waals surface area contributed by atoms with E-state index in [1.54, 1.807) is 49.7 Å². The smallest absolute Gasteiger partial charge is 0.409 e. The lowest BCUT2D eigenvalue weighted by Gasteiger charge is -2.31. The summed E-state index contributed by atoms with van der Waals surface area (Å²) in [7, 11) is -0.700. The van der Waals surface area contributed by atoms with Crippen molar-refractivity contribution in [2.24, 2.45) is 0 Å². The number of nitriles is 1.